The van der Waals surface area contributed by atoms with Crippen LogP contribution in [0.15, 0.2) is 23.1 Å². The molecule has 1 amide bonds. The van der Waals surface area contributed by atoms with Gasteiger partial charge in [-0.15, -0.1) is 0 Å². The Hall–Kier alpha value is -1.64. The zero-order valence-corrected chi connectivity index (χ0v) is 18.0. The molecule has 28 heavy (non-hydrogen) atoms. The van der Waals surface area contributed by atoms with Gasteiger partial charge < -0.3 is 10.2 Å². The minimum atomic E-state index is -3.59. The Labute approximate surface area is 168 Å². The number of likely N-dealkylation sites (N-methyl/N-ethyl adjacent to an activating group) is 1. The summed E-state index contributed by atoms with van der Waals surface area (Å²) in [5.74, 6) is -0.204. The number of carbonyl (C=O) groups is 1. The van der Waals surface area contributed by atoms with Gasteiger partial charge in [-0.25, -0.2) is 12.7 Å². The van der Waals surface area contributed by atoms with Crippen LogP contribution in [-0.4, -0.2) is 76.4 Å². The largest absolute Gasteiger partial charge is 0.371 e. The highest BCUT2D eigenvalue weighted by Crippen LogP contribution is 2.28. The van der Waals surface area contributed by atoms with E-state index in [1.165, 1.54) is 37.3 Å². The van der Waals surface area contributed by atoms with Crippen LogP contribution in [0.25, 0.3) is 0 Å². The summed E-state index contributed by atoms with van der Waals surface area (Å²) in [7, 11) is -0.586. The van der Waals surface area contributed by atoms with E-state index in [0.717, 1.165) is 44.7 Å². The molecule has 7 nitrogen and oxygen atoms in total. The third-order valence-electron chi connectivity index (χ3n) is 5.59. The zero-order chi connectivity index (χ0) is 20.3. The number of carbonyl (C=O) groups excluding carboxylic acids is 1. The van der Waals surface area contributed by atoms with E-state index in [1.807, 2.05) is 0 Å². The highest BCUT2D eigenvalue weighted by atomic mass is 32.2. The maximum Gasteiger partial charge on any atom is 0.253 e. The first-order chi connectivity index (χ1) is 13.3. The molecule has 0 spiro atoms. The second-order valence-corrected chi connectivity index (χ2v) is 9.93. The van der Waals surface area contributed by atoms with E-state index in [4.69, 9.17) is 0 Å². The highest BCUT2D eigenvalue weighted by molar-refractivity contribution is 7.89. The van der Waals surface area contributed by atoms with Crippen LogP contribution in [0.3, 0.4) is 0 Å². The number of benzene rings is 1. The predicted octanol–water partition coefficient (Wildman–Crippen LogP) is 1.75. The lowest BCUT2D eigenvalue weighted by Gasteiger charge is -2.23. The lowest BCUT2D eigenvalue weighted by molar-refractivity contribution is 0.0948. The van der Waals surface area contributed by atoms with Crippen LogP contribution < -0.4 is 10.2 Å². The average molecular weight is 409 g/mol. The molecule has 1 saturated carbocycles. The molecule has 0 aromatic heterocycles. The van der Waals surface area contributed by atoms with Gasteiger partial charge in [-0.05, 0) is 50.4 Å². The molecule has 8 heteroatoms. The lowest BCUT2D eigenvalue weighted by atomic mass is 10.1. The van der Waals surface area contributed by atoms with Crippen molar-refractivity contribution in [3.05, 3.63) is 23.8 Å². The Morgan fingerprint density at radius 1 is 1.21 bits per heavy atom. The molecule has 2 aliphatic rings. The predicted molar refractivity (Wildman–Crippen MR) is 111 cm³/mol. The van der Waals surface area contributed by atoms with E-state index >= 15 is 0 Å². The Morgan fingerprint density at radius 3 is 2.46 bits per heavy atom. The number of sulfonamides is 1. The molecule has 0 radical (unpaired) electrons. The van der Waals surface area contributed by atoms with Crippen molar-refractivity contribution >= 4 is 21.6 Å². The van der Waals surface area contributed by atoms with Gasteiger partial charge in [-0.1, -0.05) is 6.92 Å². The fraction of sp³-hybridized carbons (Fsp3) is 0.650. The first kappa shape index (κ1) is 21.1. The van der Waals surface area contributed by atoms with Gasteiger partial charge in [0.25, 0.3) is 5.91 Å². The molecular formula is C20H32N4O3S. The normalized spacial score (nSPS) is 17.5. The number of hydrogen-bond acceptors (Lipinski definition) is 5. The van der Waals surface area contributed by atoms with Crippen LogP contribution >= 0.6 is 0 Å². The standard InChI is InChI=1S/C20H32N4O3S/c1-4-23(16-7-8-16)14-11-21-20(25)18-15-17(28(26,27)22(2)3)9-10-19(18)24-12-5-6-13-24/h9-10,15-16H,4-8,11-14H2,1-3H3,(H,21,25). The molecule has 0 unspecified atom stereocenters. The van der Waals surface area contributed by atoms with Crippen molar-refractivity contribution in [1.29, 1.82) is 0 Å². The molecule has 1 aromatic carbocycles. The molecule has 2 fully saturated rings. The van der Waals surface area contributed by atoms with E-state index in [1.54, 1.807) is 12.1 Å². The van der Waals surface area contributed by atoms with Gasteiger partial charge >= 0.3 is 0 Å². The Bertz CT molecular complexity index is 800. The van der Waals surface area contributed by atoms with Gasteiger partial charge in [0.05, 0.1) is 10.5 Å². The van der Waals surface area contributed by atoms with E-state index in [-0.39, 0.29) is 10.8 Å². The summed E-state index contributed by atoms with van der Waals surface area (Å²) in [6.45, 7) is 6.29. The third kappa shape index (κ3) is 4.67. The van der Waals surface area contributed by atoms with Crippen LogP contribution in [-0.2, 0) is 10.0 Å². The summed E-state index contributed by atoms with van der Waals surface area (Å²) in [4.78, 5) is 17.7. The number of rotatable bonds is 9. The van der Waals surface area contributed by atoms with Crippen molar-refractivity contribution in [3.8, 4) is 0 Å². The molecule has 156 valence electrons. The number of nitrogens with zero attached hydrogens (tertiary/aromatic N) is 3. The highest BCUT2D eigenvalue weighted by Gasteiger charge is 2.28. The number of hydrogen-bond donors (Lipinski definition) is 1. The quantitative estimate of drug-likeness (QED) is 0.674. The topological polar surface area (TPSA) is 73.0 Å². The molecule has 3 rings (SSSR count). The van der Waals surface area contributed by atoms with Crippen molar-refractivity contribution in [2.75, 3.05) is 51.7 Å². The number of amides is 1. The van der Waals surface area contributed by atoms with Crippen molar-refractivity contribution in [3.63, 3.8) is 0 Å². The van der Waals surface area contributed by atoms with Crippen molar-refractivity contribution < 1.29 is 13.2 Å². The zero-order valence-electron chi connectivity index (χ0n) is 17.1. The minimum Gasteiger partial charge on any atom is -0.371 e. The van der Waals surface area contributed by atoms with E-state index in [2.05, 4.69) is 22.0 Å². The lowest BCUT2D eigenvalue weighted by Crippen LogP contribution is -2.36. The SMILES string of the molecule is CCN(CCNC(=O)c1cc(S(=O)(=O)N(C)C)ccc1N1CCCC1)C1CC1. The molecule has 0 atom stereocenters. The van der Waals surface area contributed by atoms with E-state index in [9.17, 15) is 13.2 Å². The maximum absolute atomic E-state index is 13.0. The Kier molecular flexibility index (Phi) is 6.62. The average Bonchev–Trinajstić information content (AvgIpc) is 3.37. The van der Waals surface area contributed by atoms with Crippen molar-refractivity contribution in [2.24, 2.45) is 0 Å². The van der Waals surface area contributed by atoms with Crippen molar-refractivity contribution in [1.82, 2.24) is 14.5 Å². The number of nitrogens with one attached hydrogen (secondary N) is 1. The van der Waals surface area contributed by atoms with Gasteiger partial charge in [0.15, 0.2) is 0 Å². The summed E-state index contributed by atoms with van der Waals surface area (Å²) < 4.78 is 26.2. The monoisotopic (exact) mass is 408 g/mol. The van der Waals surface area contributed by atoms with Gasteiger partial charge in [0.2, 0.25) is 10.0 Å². The third-order valence-corrected chi connectivity index (χ3v) is 7.40. The van der Waals surface area contributed by atoms with Crippen LogP contribution in [0.1, 0.15) is 43.0 Å². The molecule has 1 N–H and O–H groups in total. The summed E-state index contributed by atoms with van der Waals surface area (Å²) in [5, 5.41) is 3.00. The second-order valence-electron chi connectivity index (χ2n) is 7.78. The molecule has 1 saturated heterocycles. The number of anilines is 1. The summed E-state index contributed by atoms with van der Waals surface area (Å²) >= 11 is 0. The Balaban J connectivity index is 1.79. The molecule has 1 aliphatic carbocycles. The van der Waals surface area contributed by atoms with Crippen LogP contribution in [0.5, 0.6) is 0 Å². The minimum absolute atomic E-state index is 0.152. The first-order valence-electron chi connectivity index (χ1n) is 10.2. The second kappa shape index (κ2) is 8.80. The molecule has 1 aromatic rings. The van der Waals surface area contributed by atoms with Gasteiger partial charge in [-0.2, -0.15) is 0 Å². The maximum atomic E-state index is 13.0. The summed E-state index contributed by atoms with van der Waals surface area (Å²) in [6.07, 6.45) is 4.66. The molecular weight excluding hydrogens is 376 g/mol. The Morgan fingerprint density at radius 2 is 1.89 bits per heavy atom. The molecule has 0 bridgehead atoms. The molecule has 1 aliphatic heterocycles. The fourth-order valence-electron chi connectivity index (χ4n) is 3.75. The van der Waals surface area contributed by atoms with E-state index in [0.29, 0.717) is 18.2 Å². The van der Waals surface area contributed by atoms with Crippen LogP contribution in [0.2, 0.25) is 0 Å². The molecule has 1 heterocycles. The summed E-state index contributed by atoms with van der Waals surface area (Å²) in [5.41, 5.74) is 1.27. The van der Waals surface area contributed by atoms with Crippen molar-refractivity contribution in [2.45, 2.75) is 43.5 Å². The smallest absolute Gasteiger partial charge is 0.253 e. The van der Waals surface area contributed by atoms with Gasteiger partial charge in [-0.3, -0.25) is 9.69 Å². The van der Waals surface area contributed by atoms with Gasteiger partial charge in [0, 0.05) is 52.0 Å². The summed E-state index contributed by atoms with van der Waals surface area (Å²) in [6, 6.07) is 5.57. The van der Waals surface area contributed by atoms with Crippen LogP contribution in [0.4, 0.5) is 5.69 Å². The fourth-order valence-corrected chi connectivity index (χ4v) is 4.68. The van der Waals surface area contributed by atoms with E-state index < -0.39 is 10.0 Å². The first-order valence-corrected chi connectivity index (χ1v) is 11.6. The van der Waals surface area contributed by atoms with Gasteiger partial charge in [0.1, 0.15) is 0 Å². The van der Waals surface area contributed by atoms with Crippen LogP contribution in [0, 0.1) is 0 Å².